The Hall–Kier alpha value is -3.85. The van der Waals surface area contributed by atoms with Crippen molar-refractivity contribution in [1.29, 1.82) is 0 Å². The Morgan fingerprint density at radius 2 is 1.53 bits per heavy atom. The van der Waals surface area contributed by atoms with Gasteiger partial charge in [0.25, 0.3) is 5.91 Å². The first kappa shape index (κ1) is 24.8. The summed E-state index contributed by atoms with van der Waals surface area (Å²) < 4.78 is 20.9. The van der Waals surface area contributed by atoms with Crippen molar-refractivity contribution in [2.24, 2.45) is 0 Å². The van der Waals surface area contributed by atoms with Gasteiger partial charge >= 0.3 is 0 Å². The number of carbonyl (C=O) groups excluding carboxylic acids is 2. The van der Waals surface area contributed by atoms with Crippen molar-refractivity contribution in [2.45, 2.75) is 4.90 Å². The minimum absolute atomic E-state index is 0.183. The molecule has 2 N–H and O–H groups in total. The summed E-state index contributed by atoms with van der Waals surface area (Å²) in [5, 5.41) is 5.70. The van der Waals surface area contributed by atoms with E-state index in [-0.39, 0.29) is 17.6 Å². The van der Waals surface area contributed by atoms with E-state index < -0.39 is 0 Å². The average Bonchev–Trinajstić information content (AvgIpc) is 2.87. The summed E-state index contributed by atoms with van der Waals surface area (Å²) in [4.78, 5) is 26.0. The lowest BCUT2D eigenvalue weighted by atomic mass is 10.2. The molecule has 0 aliphatic rings. The monoisotopic (exact) mass is 482 g/mol. The van der Waals surface area contributed by atoms with E-state index >= 15 is 0 Å². The molecule has 3 rings (SSSR count). The fraction of sp³-hybridized carbons (Fsp3) is 0.200. The summed E-state index contributed by atoms with van der Waals surface area (Å²) in [6.07, 6.45) is 0. The largest absolute Gasteiger partial charge is 0.497 e. The normalized spacial score (nSPS) is 10.2. The number of ether oxygens (including phenoxy) is 4. The molecule has 0 saturated carbocycles. The van der Waals surface area contributed by atoms with Crippen LogP contribution in [0.25, 0.3) is 0 Å². The SMILES string of the molecule is COc1ccc(NC(=O)CSc2cccc(NC(=O)c3ccc(OC)c(OC)c3)c2)c(OC)c1. The van der Waals surface area contributed by atoms with Gasteiger partial charge in [-0.15, -0.1) is 11.8 Å². The molecule has 0 radical (unpaired) electrons. The molecule has 9 heteroatoms. The topological polar surface area (TPSA) is 95.1 Å². The van der Waals surface area contributed by atoms with Gasteiger partial charge in [-0.1, -0.05) is 6.07 Å². The van der Waals surface area contributed by atoms with E-state index in [1.165, 1.54) is 33.1 Å². The van der Waals surface area contributed by atoms with Gasteiger partial charge in [0.1, 0.15) is 11.5 Å². The molecule has 0 unspecified atom stereocenters. The number of methoxy groups -OCH3 is 4. The van der Waals surface area contributed by atoms with Crippen LogP contribution in [0, 0.1) is 0 Å². The first-order valence-electron chi connectivity index (χ1n) is 10.3. The molecule has 3 aromatic carbocycles. The molecule has 34 heavy (non-hydrogen) atoms. The third-order valence-corrected chi connectivity index (χ3v) is 5.78. The molecule has 178 valence electrons. The molecule has 8 nitrogen and oxygen atoms in total. The number of rotatable bonds is 10. The van der Waals surface area contributed by atoms with Gasteiger partial charge in [-0.25, -0.2) is 0 Å². The number of carbonyl (C=O) groups is 2. The van der Waals surface area contributed by atoms with Crippen molar-refractivity contribution < 1.29 is 28.5 Å². The van der Waals surface area contributed by atoms with Crippen molar-refractivity contribution in [3.8, 4) is 23.0 Å². The third-order valence-electron chi connectivity index (χ3n) is 4.79. The summed E-state index contributed by atoms with van der Waals surface area (Å²) in [6, 6.07) is 17.4. The van der Waals surface area contributed by atoms with Crippen molar-refractivity contribution in [2.75, 3.05) is 44.8 Å². The number of hydrogen-bond acceptors (Lipinski definition) is 7. The quantitative estimate of drug-likeness (QED) is 0.404. The Morgan fingerprint density at radius 1 is 0.765 bits per heavy atom. The number of thioether (sulfide) groups is 1. The van der Waals surface area contributed by atoms with Crippen molar-refractivity contribution >= 4 is 35.0 Å². The maximum atomic E-state index is 12.7. The van der Waals surface area contributed by atoms with Gasteiger partial charge < -0.3 is 29.6 Å². The van der Waals surface area contributed by atoms with Crippen LogP contribution >= 0.6 is 11.8 Å². The highest BCUT2D eigenvalue weighted by atomic mass is 32.2. The Bertz CT molecular complexity index is 1170. The van der Waals surface area contributed by atoms with Crippen LogP contribution in [0.1, 0.15) is 10.4 Å². The maximum absolute atomic E-state index is 12.7. The van der Waals surface area contributed by atoms with Crippen LogP contribution in [0.2, 0.25) is 0 Å². The van der Waals surface area contributed by atoms with Gasteiger partial charge in [-0.3, -0.25) is 9.59 Å². The smallest absolute Gasteiger partial charge is 0.255 e. The molecule has 0 bridgehead atoms. The highest BCUT2D eigenvalue weighted by Gasteiger charge is 2.12. The Kier molecular flexibility index (Phi) is 8.64. The van der Waals surface area contributed by atoms with Crippen LogP contribution < -0.4 is 29.6 Å². The van der Waals surface area contributed by atoms with E-state index in [1.54, 1.807) is 49.6 Å². The molecule has 0 fully saturated rings. The van der Waals surface area contributed by atoms with Crippen LogP contribution in [0.4, 0.5) is 11.4 Å². The zero-order chi connectivity index (χ0) is 24.5. The number of benzene rings is 3. The molecule has 0 aromatic heterocycles. The van der Waals surface area contributed by atoms with Crippen molar-refractivity contribution in [3.63, 3.8) is 0 Å². The molecule has 0 aliphatic heterocycles. The van der Waals surface area contributed by atoms with E-state index in [2.05, 4.69) is 10.6 Å². The minimum atomic E-state index is -0.285. The van der Waals surface area contributed by atoms with E-state index in [0.29, 0.717) is 39.9 Å². The number of anilines is 2. The number of nitrogens with one attached hydrogen (secondary N) is 2. The van der Waals surface area contributed by atoms with Crippen molar-refractivity contribution in [1.82, 2.24) is 0 Å². The summed E-state index contributed by atoms with van der Waals surface area (Å²) in [7, 11) is 6.14. The molecular weight excluding hydrogens is 456 g/mol. The fourth-order valence-corrected chi connectivity index (χ4v) is 3.84. The zero-order valence-electron chi connectivity index (χ0n) is 19.3. The molecule has 0 aliphatic carbocycles. The second kappa shape index (κ2) is 11.9. The number of amides is 2. The molecule has 0 saturated heterocycles. The summed E-state index contributed by atoms with van der Waals surface area (Å²) in [5.74, 6) is 1.87. The highest BCUT2D eigenvalue weighted by molar-refractivity contribution is 8.00. The van der Waals surface area contributed by atoms with Crippen LogP contribution in [-0.2, 0) is 4.79 Å². The van der Waals surface area contributed by atoms with E-state index in [9.17, 15) is 9.59 Å². The third kappa shape index (κ3) is 6.35. The van der Waals surface area contributed by atoms with Gasteiger partial charge in [0.2, 0.25) is 5.91 Å². The van der Waals surface area contributed by atoms with Gasteiger partial charge in [-0.2, -0.15) is 0 Å². The van der Waals surface area contributed by atoms with Gasteiger partial charge in [0, 0.05) is 22.2 Å². The second-order valence-electron chi connectivity index (χ2n) is 6.95. The van der Waals surface area contributed by atoms with Crippen molar-refractivity contribution in [3.05, 3.63) is 66.2 Å². The molecule has 2 amide bonds. The van der Waals surface area contributed by atoms with Crippen LogP contribution in [0.3, 0.4) is 0 Å². The maximum Gasteiger partial charge on any atom is 0.255 e. The van der Waals surface area contributed by atoms with Gasteiger partial charge in [0.15, 0.2) is 11.5 Å². The highest BCUT2D eigenvalue weighted by Crippen LogP contribution is 2.30. The zero-order valence-corrected chi connectivity index (χ0v) is 20.2. The van der Waals surface area contributed by atoms with Gasteiger partial charge in [-0.05, 0) is 48.5 Å². The van der Waals surface area contributed by atoms with Crippen LogP contribution in [0.5, 0.6) is 23.0 Å². The average molecular weight is 483 g/mol. The Morgan fingerprint density at radius 3 is 2.24 bits per heavy atom. The van der Waals surface area contributed by atoms with Crippen LogP contribution in [-0.4, -0.2) is 46.0 Å². The molecule has 0 atom stereocenters. The molecule has 0 spiro atoms. The summed E-state index contributed by atoms with van der Waals surface area (Å²) in [6.45, 7) is 0. The van der Waals surface area contributed by atoms with Crippen LogP contribution in [0.15, 0.2) is 65.6 Å². The Labute approximate surface area is 202 Å². The fourth-order valence-electron chi connectivity index (χ4n) is 3.08. The molecular formula is C25H26N2O6S. The summed E-state index contributed by atoms with van der Waals surface area (Å²) in [5.41, 5.74) is 1.61. The standard InChI is InChI=1S/C25H26N2O6S/c1-30-18-9-10-20(22(14-18)32-3)27-24(28)15-34-19-7-5-6-17(13-19)26-25(29)16-8-11-21(31-2)23(12-16)33-4/h5-14H,15H2,1-4H3,(H,26,29)(H,27,28). The first-order valence-corrected chi connectivity index (χ1v) is 11.2. The van der Waals surface area contributed by atoms with E-state index in [0.717, 1.165) is 4.90 Å². The van der Waals surface area contributed by atoms with E-state index in [1.807, 2.05) is 18.2 Å². The molecule has 0 heterocycles. The minimum Gasteiger partial charge on any atom is -0.497 e. The summed E-state index contributed by atoms with van der Waals surface area (Å²) >= 11 is 1.35. The lowest BCUT2D eigenvalue weighted by Crippen LogP contribution is -2.15. The first-order chi connectivity index (χ1) is 16.5. The van der Waals surface area contributed by atoms with E-state index in [4.69, 9.17) is 18.9 Å². The lowest BCUT2D eigenvalue weighted by Gasteiger charge is -2.12. The van der Waals surface area contributed by atoms with Gasteiger partial charge in [0.05, 0.1) is 39.9 Å². The predicted molar refractivity (Wildman–Crippen MR) is 133 cm³/mol. The molecule has 3 aromatic rings. The Balaban J connectivity index is 1.60. The predicted octanol–water partition coefficient (Wildman–Crippen LogP) is 4.70. The number of hydrogen-bond donors (Lipinski definition) is 2. The lowest BCUT2D eigenvalue weighted by molar-refractivity contribution is -0.113. The second-order valence-corrected chi connectivity index (χ2v) is 8.00.